The van der Waals surface area contributed by atoms with Crippen molar-refractivity contribution in [2.75, 3.05) is 36.5 Å². The number of thioether (sulfide) groups is 1. The summed E-state index contributed by atoms with van der Waals surface area (Å²) in [6.07, 6.45) is 0. The number of carbonyl (C=O) groups is 1. The summed E-state index contributed by atoms with van der Waals surface area (Å²) >= 11 is 1.36. The van der Waals surface area contributed by atoms with E-state index in [1.165, 1.54) is 17.8 Å². The first kappa shape index (κ1) is 21.6. The topological polar surface area (TPSA) is 72.3 Å². The molecule has 1 aromatic carbocycles. The fraction of sp³-hybridized carbons (Fsp3) is 0.550. The molecule has 158 valence electrons. The summed E-state index contributed by atoms with van der Waals surface area (Å²) in [5.74, 6) is 0.683. The maximum Gasteiger partial charge on any atom is 0.237 e. The van der Waals surface area contributed by atoms with Gasteiger partial charge in [0.15, 0.2) is 5.16 Å². The van der Waals surface area contributed by atoms with Gasteiger partial charge in [-0.25, -0.2) is 4.39 Å². The van der Waals surface area contributed by atoms with Crippen molar-refractivity contribution < 1.29 is 13.9 Å². The summed E-state index contributed by atoms with van der Waals surface area (Å²) in [6.45, 7) is 11.4. The first-order valence-electron chi connectivity index (χ1n) is 9.84. The number of morpholine rings is 1. The van der Waals surface area contributed by atoms with Crippen LogP contribution in [0.4, 0.5) is 16.0 Å². The molecule has 1 unspecified atom stereocenters. The average molecular weight is 422 g/mol. The first-order valence-corrected chi connectivity index (χ1v) is 10.7. The zero-order valence-electron chi connectivity index (χ0n) is 17.3. The van der Waals surface area contributed by atoms with Crippen molar-refractivity contribution >= 4 is 29.3 Å². The van der Waals surface area contributed by atoms with Crippen molar-refractivity contribution in [1.82, 2.24) is 14.8 Å². The van der Waals surface area contributed by atoms with E-state index in [1.807, 2.05) is 6.92 Å². The summed E-state index contributed by atoms with van der Waals surface area (Å²) in [6, 6.07) is 4.69. The van der Waals surface area contributed by atoms with Gasteiger partial charge in [0.25, 0.3) is 0 Å². The van der Waals surface area contributed by atoms with Crippen molar-refractivity contribution in [3.63, 3.8) is 0 Å². The van der Waals surface area contributed by atoms with Crippen molar-refractivity contribution in [2.45, 2.75) is 44.6 Å². The molecule has 0 bridgehead atoms. The van der Waals surface area contributed by atoms with Gasteiger partial charge in [0.05, 0.1) is 18.5 Å². The largest absolute Gasteiger partial charge is 0.378 e. The van der Waals surface area contributed by atoms with Crippen LogP contribution in [0.1, 0.15) is 26.3 Å². The van der Waals surface area contributed by atoms with Gasteiger partial charge in [-0.2, -0.15) is 0 Å². The molecule has 0 spiro atoms. The lowest BCUT2D eigenvalue weighted by atomic mass is 10.2. The lowest BCUT2D eigenvalue weighted by Crippen LogP contribution is -2.38. The molecule has 1 aliphatic rings. The minimum atomic E-state index is -0.410. The molecular weight excluding hydrogens is 393 g/mol. The first-order chi connectivity index (χ1) is 13.8. The van der Waals surface area contributed by atoms with Crippen LogP contribution in [-0.2, 0) is 16.1 Å². The molecule has 2 aromatic rings. The van der Waals surface area contributed by atoms with E-state index in [4.69, 9.17) is 4.74 Å². The van der Waals surface area contributed by atoms with Gasteiger partial charge in [-0.1, -0.05) is 31.7 Å². The minimum Gasteiger partial charge on any atom is -0.378 e. The van der Waals surface area contributed by atoms with E-state index in [0.717, 1.165) is 25.6 Å². The number of anilines is 2. The highest BCUT2D eigenvalue weighted by atomic mass is 32.2. The maximum absolute atomic E-state index is 13.7. The molecule has 0 radical (unpaired) electrons. The molecule has 3 rings (SSSR count). The number of amides is 1. The van der Waals surface area contributed by atoms with Gasteiger partial charge in [0.1, 0.15) is 5.82 Å². The zero-order valence-corrected chi connectivity index (χ0v) is 18.1. The molecular formula is C20H28FN5O2S. The molecule has 1 amide bonds. The van der Waals surface area contributed by atoms with Crippen molar-refractivity contribution in [3.8, 4) is 0 Å². The molecule has 1 aliphatic heterocycles. The van der Waals surface area contributed by atoms with Crippen molar-refractivity contribution in [3.05, 3.63) is 29.6 Å². The summed E-state index contributed by atoms with van der Waals surface area (Å²) in [7, 11) is 0. The Bertz CT molecular complexity index is 851. The Labute approximate surface area is 175 Å². The second-order valence-corrected chi connectivity index (χ2v) is 8.91. The van der Waals surface area contributed by atoms with Crippen LogP contribution in [0.15, 0.2) is 23.4 Å². The van der Waals surface area contributed by atoms with E-state index in [0.29, 0.717) is 35.5 Å². The quantitative estimate of drug-likeness (QED) is 0.692. The zero-order chi connectivity index (χ0) is 21.0. The number of halogens is 1. The normalized spacial score (nSPS) is 15.6. The van der Waals surface area contributed by atoms with Crippen molar-refractivity contribution in [1.29, 1.82) is 0 Å². The third kappa shape index (κ3) is 5.48. The molecule has 0 aliphatic carbocycles. The van der Waals surface area contributed by atoms with Gasteiger partial charge in [-0.05, 0) is 37.5 Å². The van der Waals surface area contributed by atoms with Crippen LogP contribution in [0.5, 0.6) is 0 Å². The summed E-state index contributed by atoms with van der Waals surface area (Å²) in [5.41, 5.74) is 0.992. The highest BCUT2D eigenvalue weighted by Crippen LogP contribution is 2.28. The third-order valence-corrected chi connectivity index (χ3v) is 5.71. The molecule has 1 fully saturated rings. The summed E-state index contributed by atoms with van der Waals surface area (Å²) < 4.78 is 21.3. The standard InChI is InChI=1S/C20H28FN5O2S/c1-13(2)12-26-19(25-7-9-28-10-8-25)23-24-20(26)29-15(4)18(27)22-16-6-5-14(3)17(21)11-16/h5-6,11,13,15H,7-10,12H2,1-4H3,(H,22,27). The van der Waals surface area contributed by atoms with E-state index in [-0.39, 0.29) is 11.7 Å². The number of benzene rings is 1. The van der Waals surface area contributed by atoms with E-state index in [2.05, 4.69) is 38.8 Å². The number of hydrogen-bond donors (Lipinski definition) is 1. The number of aryl methyl sites for hydroxylation is 1. The Balaban J connectivity index is 1.72. The molecule has 1 atom stereocenters. The summed E-state index contributed by atoms with van der Waals surface area (Å²) in [5, 5.41) is 11.8. The highest BCUT2D eigenvalue weighted by Gasteiger charge is 2.24. The van der Waals surface area contributed by atoms with Crippen LogP contribution in [0.25, 0.3) is 0 Å². The Morgan fingerprint density at radius 2 is 2.00 bits per heavy atom. The smallest absolute Gasteiger partial charge is 0.237 e. The van der Waals surface area contributed by atoms with Gasteiger partial charge < -0.3 is 15.0 Å². The number of nitrogens with zero attached hydrogens (tertiary/aromatic N) is 4. The monoisotopic (exact) mass is 421 g/mol. The SMILES string of the molecule is Cc1ccc(NC(=O)C(C)Sc2nnc(N3CCOCC3)n2CC(C)C)cc1F. The predicted molar refractivity (Wildman–Crippen MR) is 113 cm³/mol. The van der Waals surface area contributed by atoms with Crippen LogP contribution in [0.2, 0.25) is 0 Å². The molecule has 2 heterocycles. The Hall–Kier alpha value is -2.13. The van der Waals surface area contributed by atoms with E-state index < -0.39 is 5.25 Å². The fourth-order valence-corrected chi connectivity index (χ4v) is 3.87. The van der Waals surface area contributed by atoms with Gasteiger partial charge in [0, 0.05) is 25.3 Å². The third-order valence-electron chi connectivity index (χ3n) is 4.63. The Kier molecular flexibility index (Phi) is 7.13. The van der Waals surface area contributed by atoms with Gasteiger partial charge >= 0.3 is 0 Å². The van der Waals surface area contributed by atoms with E-state index >= 15 is 0 Å². The number of carbonyl (C=O) groups excluding carboxylic acids is 1. The van der Waals surface area contributed by atoms with Crippen LogP contribution in [0.3, 0.4) is 0 Å². The van der Waals surface area contributed by atoms with Crippen LogP contribution >= 0.6 is 11.8 Å². The van der Waals surface area contributed by atoms with Crippen LogP contribution < -0.4 is 10.2 Å². The molecule has 9 heteroatoms. The Morgan fingerprint density at radius 1 is 1.28 bits per heavy atom. The van der Waals surface area contributed by atoms with Gasteiger partial charge in [-0.15, -0.1) is 10.2 Å². The number of ether oxygens (including phenoxy) is 1. The van der Waals surface area contributed by atoms with Crippen LogP contribution in [-0.4, -0.2) is 52.2 Å². The second-order valence-electron chi connectivity index (χ2n) is 7.60. The highest BCUT2D eigenvalue weighted by molar-refractivity contribution is 8.00. The number of hydrogen-bond acceptors (Lipinski definition) is 6. The van der Waals surface area contributed by atoms with E-state index in [1.54, 1.807) is 19.1 Å². The lowest BCUT2D eigenvalue weighted by molar-refractivity contribution is -0.115. The number of rotatable bonds is 7. The second kappa shape index (κ2) is 9.58. The van der Waals surface area contributed by atoms with Gasteiger partial charge in [-0.3, -0.25) is 9.36 Å². The number of nitrogens with one attached hydrogen (secondary N) is 1. The summed E-state index contributed by atoms with van der Waals surface area (Å²) in [4.78, 5) is 14.8. The van der Waals surface area contributed by atoms with Crippen molar-refractivity contribution in [2.24, 2.45) is 5.92 Å². The minimum absolute atomic E-state index is 0.203. The van der Waals surface area contributed by atoms with E-state index in [9.17, 15) is 9.18 Å². The predicted octanol–water partition coefficient (Wildman–Crippen LogP) is 3.34. The Morgan fingerprint density at radius 3 is 2.66 bits per heavy atom. The molecule has 7 nitrogen and oxygen atoms in total. The molecule has 1 N–H and O–H groups in total. The van der Waals surface area contributed by atoms with Gasteiger partial charge in [0.2, 0.25) is 11.9 Å². The molecule has 29 heavy (non-hydrogen) atoms. The maximum atomic E-state index is 13.7. The van der Waals surface area contributed by atoms with Crippen LogP contribution in [0, 0.1) is 18.7 Å². The molecule has 0 saturated carbocycles. The molecule has 1 aromatic heterocycles. The lowest BCUT2D eigenvalue weighted by Gasteiger charge is -2.28. The number of aromatic nitrogens is 3. The fourth-order valence-electron chi connectivity index (χ4n) is 3.02. The average Bonchev–Trinajstić information content (AvgIpc) is 3.07. The molecule has 1 saturated heterocycles.